The van der Waals surface area contributed by atoms with Crippen LogP contribution in [0.3, 0.4) is 0 Å². The lowest BCUT2D eigenvalue weighted by Gasteiger charge is -2.16. The molecule has 0 bridgehead atoms. The summed E-state index contributed by atoms with van der Waals surface area (Å²) >= 11 is 5.36. The Balaban J connectivity index is 2.05. The Morgan fingerprint density at radius 3 is 2.81 bits per heavy atom. The molecule has 21 heavy (non-hydrogen) atoms. The molecule has 0 saturated carbocycles. The molecule has 114 valence electrons. The molecule has 1 N–H and O–H groups in total. The van der Waals surface area contributed by atoms with E-state index in [2.05, 4.69) is 71.7 Å². The number of rotatable bonds is 7. The largest absolute Gasteiger partial charge is 0.493 e. The molecule has 0 atom stereocenters. The van der Waals surface area contributed by atoms with Crippen LogP contribution in [0.15, 0.2) is 34.1 Å². The van der Waals surface area contributed by atoms with Crippen molar-refractivity contribution in [2.45, 2.75) is 39.8 Å². The fourth-order valence-corrected chi connectivity index (χ4v) is 3.47. The van der Waals surface area contributed by atoms with E-state index in [0.717, 1.165) is 29.8 Å². The van der Waals surface area contributed by atoms with Gasteiger partial charge in [0, 0.05) is 33.9 Å². The van der Waals surface area contributed by atoms with E-state index in [1.54, 1.807) is 11.3 Å². The highest BCUT2D eigenvalue weighted by Gasteiger charge is 2.10. The molecular weight excluding hydrogens is 346 g/mol. The van der Waals surface area contributed by atoms with Crippen molar-refractivity contribution in [1.29, 1.82) is 0 Å². The highest BCUT2D eigenvalue weighted by atomic mass is 79.9. The first-order valence-corrected chi connectivity index (χ1v) is 8.91. The van der Waals surface area contributed by atoms with Crippen LogP contribution in [-0.4, -0.2) is 12.6 Å². The van der Waals surface area contributed by atoms with Gasteiger partial charge in [-0.15, -0.1) is 11.3 Å². The first kappa shape index (κ1) is 16.5. The second-order valence-electron chi connectivity index (χ2n) is 5.42. The highest BCUT2D eigenvalue weighted by Crippen LogP contribution is 2.28. The first-order valence-electron chi connectivity index (χ1n) is 7.24. The average molecular weight is 368 g/mol. The molecule has 0 aliphatic rings. The van der Waals surface area contributed by atoms with Gasteiger partial charge in [-0.1, -0.05) is 35.8 Å². The summed E-state index contributed by atoms with van der Waals surface area (Å²) in [4.78, 5) is 1.37. The smallest absolute Gasteiger partial charge is 0.126 e. The molecule has 0 aliphatic heterocycles. The topological polar surface area (TPSA) is 21.3 Å². The zero-order valence-corrected chi connectivity index (χ0v) is 15.2. The van der Waals surface area contributed by atoms with Gasteiger partial charge < -0.3 is 10.1 Å². The summed E-state index contributed by atoms with van der Waals surface area (Å²) in [6.07, 6.45) is 0.963. The summed E-state index contributed by atoms with van der Waals surface area (Å²) in [5.74, 6) is 1.02. The summed E-state index contributed by atoms with van der Waals surface area (Å²) < 4.78 is 7.18. The van der Waals surface area contributed by atoms with Gasteiger partial charge in [-0.25, -0.2) is 0 Å². The Labute approximate surface area is 139 Å². The van der Waals surface area contributed by atoms with Crippen LogP contribution in [0.2, 0.25) is 0 Å². The maximum Gasteiger partial charge on any atom is 0.126 e. The SMILES string of the molecule is Cc1cc(Br)cc(CNC(C)C)c1OCCc1cccs1. The lowest BCUT2D eigenvalue weighted by molar-refractivity contribution is 0.316. The predicted octanol–water partition coefficient (Wildman–Crippen LogP) is 4.94. The standard InChI is InChI=1S/C17H22BrNOS/c1-12(2)19-11-14-10-15(18)9-13(3)17(14)20-7-6-16-5-4-8-21-16/h4-5,8-10,12,19H,6-7,11H2,1-3H3. The Bertz CT molecular complexity index is 566. The molecule has 1 heterocycles. The Morgan fingerprint density at radius 2 is 2.14 bits per heavy atom. The van der Waals surface area contributed by atoms with Crippen LogP contribution in [0, 0.1) is 6.92 Å². The quantitative estimate of drug-likeness (QED) is 0.748. The summed E-state index contributed by atoms with van der Waals surface area (Å²) in [5, 5.41) is 5.57. The van der Waals surface area contributed by atoms with Gasteiger partial charge >= 0.3 is 0 Å². The van der Waals surface area contributed by atoms with Crippen LogP contribution >= 0.6 is 27.3 Å². The normalized spacial score (nSPS) is 11.1. The van der Waals surface area contributed by atoms with Crippen molar-refractivity contribution < 1.29 is 4.74 Å². The molecule has 0 aliphatic carbocycles. The third-order valence-electron chi connectivity index (χ3n) is 3.19. The van der Waals surface area contributed by atoms with Crippen molar-refractivity contribution in [2.75, 3.05) is 6.61 Å². The number of aryl methyl sites for hydroxylation is 1. The Kier molecular flexibility index (Phi) is 6.27. The monoisotopic (exact) mass is 367 g/mol. The van der Waals surface area contributed by atoms with Crippen LogP contribution < -0.4 is 10.1 Å². The summed E-state index contributed by atoms with van der Waals surface area (Å²) in [7, 11) is 0. The minimum Gasteiger partial charge on any atom is -0.493 e. The fraction of sp³-hybridized carbons (Fsp3) is 0.412. The van der Waals surface area contributed by atoms with Crippen molar-refractivity contribution in [1.82, 2.24) is 5.32 Å². The van der Waals surface area contributed by atoms with Crippen molar-refractivity contribution in [3.05, 3.63) is 50.1 Å². The maximum atomic E-state index is 6.07. The predicted molar refractivity (Wildman–Crippen MR) is 94.4 cm³/mol. The van der Waals surface area contributed by atoms with Crippen LogP contribution in [0.1, 0.15) is 29.9 Å². The van der Waals surface area contributed by atoms with Crippen molar-refractivity contribution in [3.63, 3.8) is 0 Å². The molecule has 0 saturated heterocycles. The van der Waals surface area contributed by atoms with E-state index in [9.17, 15) is 0 Å². The van der Waals surface area contributed by atoms with E-state index in [0.29, 0.717) is 6.04 Å². The number of hydrogen-bond donors (Lipinski definition) is 1. The van der Waals surface area contributed by atoms with Gasteiger partial charge in [0.05, 0.1) is 6.61 Å². The van der Waals surface area contributed by atoms with Crippen LogP contribution in [0.25, 0.3) is 0 Å². The number of benzene rings is 1. The van der Waals surface area contributed by atoms with Crippen LogP contribution in [0.4, 0.5) is 0 Å². The molecule has 4 heteroatoms. The second kappa shape index (κ2) is 7.97. The van der Waals surface area contributed by atoms with Gasteiger partial charge in [0.15, 0.2) is 0 Å². The molecule has 2 rings (SSSR count). The molecule has 0 radical (unpaired) electrons. The van der Waals surface area contributed by atoms with Gasteiger partial charge in [0.2, 0.25) is 0 Å². The summed E-state index contributed by atoms with van der Waals surface area (Å²) in [5.41, 5.74) is 2.39. The van der Waals surface area contributed by atoms with Gasteiger partial charge in [0.1, 0.15) is 5.75 Å². The molecule has 0 amide bonds. The molecule has 2 nitrogen and oxygen atoms in total. The number of hydrogen-bond acceptors (Lipinski definition) is 3. The van der Waals surface area contributed by atoms with Gasteiger partial charge in [-0.05, 0) is 36.1 Å². The minimum atomic E-state index is 0.461. The minimum absolute atomic E-state index is 0.461. The van der Waals surface area contributed by atoms with Crippen LogP contribution in [-0.2, 0) is 13.0 Å². The maximum absolute atomic E-state index is 6.07. The fourth-order valence-electron chi connectivity index (χ4n) is 2.16. The third-order valence-corrected chi connectivity index (χ3v) is 4.59. The first-order chi connectivity index (χ1) is 10.1. The molecule has 1 aromatic heterocycles. The average Bonchev–Trinajstić information content (AvgIpc) is 2.92. The van der Waals surface area contributed by atoms with Crippen LogP contribution in [0.5, 0.6) is 5.75 Å². The Hall–Kier alpha value is -0.840. The molecular formula is C17H22BrNOS. The molecule has 2 aromatic rings. The summed E-state index contributed by atoms with van der Waals surface area (Å²) in [6.45, 7) is 7.96. The van der Waals surface area contributed by atoms with E-state index < -0.39 is 0 Å². The molecule has 0 spiro atoms. The molecule has 0 fully saturated rings. The van der Waals surface area contributed by atoms with Gasteiger partial charge in [-0.3, -0.25) is 0 Å². The zero-order chi connectivity index (χ0) is 15.2. The van der Waals surface area contributed by atoms with Crippen molar-refractivity contribution in [2.24, 2.45) is 0 Å². The third kappa shape index (κ3) is 5.13. The number of halogens is 1. The Morgan fingerprint density at radius 1 is 1.33 bits per heavy atom. The van der Waals surface area contributed by atoms with E-state index in [-0.39, 0.29) is 0 Å². The number of ether oxygens (including phenoxy) is 1. The van der Waals surface area contributed by atoms with E-state index in [4.69, 9.17) is 4.74 Å². The van der Waals surface area contributed by atoms with Crippen molar-refractivity contribution in [3.8, 4) is 5.75 Å². The van der Waals surface area contributed by atoms with E-state index in [1.807, 2.05) is 0 Å². The second-order valence-corrected chi connectivity index (χ2v) is 7.37. The lowest BCUT2D eigenvalue weighted by Crippen LogP contribution is -2.22. The number of nitrogens with one attached hydrogen (secondary N) is 1. The number of thiophene rings is 1. The van der Waals surface area contributed by atoms with Crippen molar-refractivity contribution >= 4 is 27.3 Å². The van der Waals surface area contributed by atoms with Gasteiger partial charge in [-0.2, -0.15) is 0 Å². The molecule has 1 aromatic carbocycles. The lowest BCUT2D eigenvalue weighted by atomic mass is 10.1. The van der Waals surface area contributed by atoms with Gasteiger partial charge in [0.25, 0.3) is 0 Å². The highest BCUT2D eigenvalue weighted by molar-refractivity contribution is 9.10. The van der Waals surface area contributed by atoms with E-state index >= 15 is 0 Å². The molecule has 0 unspecified atom stereocenters. The zero-order valence-electron chi connectivity index (χ0n) is 12.8. The summed E-state index contributed by atoms with van der Waals surface area (Å²) in [6, 6.07) is 8.96. The van der Waals surface area contributed by atoms with E-state index in [1.165, 1.54) is 16.0 Å².